The maximum Gasteiger partial charge on any atom is 0.490 e. The number of aliphatic carboxylic acids is 2. The van der Waals surface area contributed by atoms with E-state index < -0.39 is 36.3 Å². The number of carbonyl (C=O) groups is 3. The second-order valence-corrected chi connectivity index (χ2v) is 6.35. The van der Waals surface area contributed by atoms with E-state index in [4.69, 9.17) is 20.4 Å². The Hall–Kier alpha value is -3.60. The fraction of sp³-hybridized carbons (Fsp3) is 0.250. The van der Waals surface area contributed by atoms with Crippen molar-refractivity contribution in [2.45, 2.75) is 18.3 Å². The third-order valence-electron chi connectivity index (χ3n) is 4.55. The average Bonchev–Trinajstić information content (AvgIpc) is 3.05. The normalized spacial score (nSPS) is 13.2. The highest BCUT2D eigenvalue weighted by Gasteiger charge is 2.41. The van der Waals surface area contributed by atoms with Gasteiger partial charge in [0.05, 0.1) is 13.2 Å². The van der Waals surface area contributed by atoms with Crippen LogP contribution in [0.1, 0.15) is 17.2 Å². The third-order valence-corrected chi connectivity index (χ3v) is 4.55. The van der Waals surface area contributed by atoms with Crippen LogP contribution in [0.3, 0.4) is 0 Å². The van der Waals surface area contributed by atoms with Crippen LogP contribution < -0.4 is 5.73 Å². The number of ether oxygens (including phenoxy) is 1. The SMILES string of the molecule is COC(=O)N(C1c2ccccc2-c2ccccc21)[C@@H](CN)C(=O)O.O=C(O)C(F)(F)F. The van der Waals surface area contributed by atoms with Gasteiger partial charge in [0.25, 0.3) is 0 Å². The van der Waals surface area contributed by atoms with E-state index in [0.29, 0.717) is 0 Å². The Morgan fingerprint density at radius 1 is 1.03 bits per heavy atom. The molecule has 166 valence electrons. The van der Waals surface area contributed by atoms with Gasteiger partial charge in [-0.05, 0) is 22.3 Å². The lowest BCUT2D eigenvalue weighted by Gasteiger charge is -2.33. The van der Waals surface area contributed by atoms with E-state index in [2.05, 4.69) is 0 Å². The summed E-state index contributed by atoms with van der Waals surface area (Å²) in [4.78, 5) is 34.2. The number of halogens is 3. The number of carboxylic acid groups (broad SMARTS) is 2. The summed E-state index contributed by atoms with van der Waals surface area (Å²) in [6, 6.07) is 13.5. The van der Waals surface area contributed by atoms with Gasteiger partial charge in [0.1, 0.15) is 6.04 Å². The number of alkyl halides is 3. The van der Waals surface area contributed by atoms with Crippen LogP contribution in [0.4, 0.5) is 18.0 Å². The summed E-state index contributed by atoms with van der Waals surface area (Å²) in [5.74, 6) is -3.92. The zero-order chi connectivity index (χ0) is 23.3. The van der Waals surface area contributed by atoms with E-state index in [0.717, 1.165) is 22.3 Å². The first-order valence-corrected chi connectivity index (χ1v) is 8.82. The van der Waals surface area contributed by atoms with Crippen molar-refractivity contribution in [1.82, 2.24) is 4.90 Å². The lowest BCUT2D eigenvalue weighted by molar-refractivity contribution is -0.192. The van der Waals surface area contributed by atoms with Gasteiger partial charge in [-0.1, -0.05) is 48.5 Å². The molecule has 0 bridgehead atoms. The summed E-state index contributed by atoms with van der Waals surface area (Å²) in [5.41, 5.74) is 9.33. The van der Waals surface area contributed by atoms with Crippen LogP contribution in [-0.2, 0) is 14.3 Å². The molecule has 0 heterocycles. The van der Waals surface area contributed by atoms with Crippen LogP contribution in [-0.4, -0.2) is 59.0 Å². The summed E-state index contributed by atoms with van der Waals surface area (Å²) >= 11 is 0. The fourth-order valence-corrected chi connectivity index (χ4v) is 3.28. The van der Waals surface area contributed by atoms with E-state index in [1.165, 1.54) is 12.0 Å². The third kappa shape index (κ3) is 4.94. The molecule has 0 unspecified atom stereocenters. The summed E-state index contributed by atoms with van der Waals surface area (Å²) in [7, 11) is 1.23. The molecule has 2 aromatic rings. The van der Waals surface area contributed by atoms with E-state index in [9.17, 15) is 27.9 Å². The van der Waals surface area contributed by atoms with Crippen LogP contribution in [0.25, 0.3) is 11.1 Å². The van der Waals surface area contributed by atoms with E-state index in [-0.39, 0.29) is 6.54 Å². The van der Waals surface area contributed by atoms with E-state index in [1.807, 2.05) is 48.5 Å². The lowest BCUT2D eigenvalue weighted by atomic mass is 10.0. The number of carbonyl (C=O) groups excluding carboxylic acids is 1. The van der Waals surface area contributed by atoms with Gasteiger partial charge >= 0.3 is 24.2 Å². The first kappa shape index (κ1) is 23.7. The molecule has 0 aromatic heterocycles. The molecular formula is C20H19F3N2O6. The summed E-state index contributed by atoms with van der Waals surface area (Å²) in [5, 5.41) is 16.6. The Kier molecular flexibility index (Phi) is 7.24. The van der Waals surface area contributed by atoms with Gasteiger partial charge in [0.2, 0.25) is 0 Å². The van der Waals surface area contributed by atoms with Crippen molar-refractivity contribution >= 4 is 18.0 Å². The first-order valence-electron chi connectivity index (χ1n) is 8.82. The Labute approximate surface area is 174 Å². The maximum absolute atomic E-state index is 12.4. The Bertz CT molecular complexity index is 934. The summed E-state index contributed by atoms with van der Waals surface area (Å²) in [6.45, 7) is -0.203. The molecule has 0 aliphatic heterocycles. The van der Waals surface area contributed by atoms with E-state index in [1.54, 1.807) is 0 Å². The van der Waals surface area contributed by atoms with Crippen LogP contribution in [0, 0.1) is 0 Å². The molecule has 2 aromatic carbocycles. The lowest BCUT2D eigenvalue weighted by Crippen LogP contribution is -2.50. The van der Waals surface area contributed by atoms with Gasteiger partial charge in [-0.2, -0.15) is 13.2 Å². The first-order chi connectivity index (χ1) is 14.5. The molecule has 1 aliphatic carbocycles. The molecule has 0 spiro atoms. The Morgan fingerprint density at radius 2 is 1.45 bits per heavy atom. The maximum atomic E-state index is 12.4. The predicted octanol–water partition coefficient (Wildman–Crippen LogP) is 2.87. The molecule has 1 aliphatic rings. The molecule has 4 N–H and O–H groups in total. The second kappa shape index (κ2) is 9.47. The van der Waals surface area contributed by atoms with Crippen molar-refractivity contribution in [3.05, 3.63) is 59.7 Å². The largest absolute Gasteiger partial charge is 0.490 e. The minimum atomic E-state index is -5.08. The molecule has 11 heteroatoms. The van der Waals surface area contributed by atoms with Gasteiger partial charge in [0.15, 0.2) is 0 Å². The average molecular weight is 440 g/mol. The number of hydrogen-bond acceptors (Lipinski definition) is 5. The minimum Gasteiger partial charge on any atom is -0.480 e. The number of nitrogens with zero attached hydrogens (tertiary/aromatic N) is 1. The Morgan fingerprint density at radius 3 is 1.77 bits per heavy atom. The standard InChI is InChI=1S/C18H18N2O4.C2HF3O2/c1-24-18(23)20(15(10-19)17(21)22)16-13-8-4-2-6-11(13)12-7-3-5-9-14(12)16;3-2(4,5)1(6)7/h2-9,15-16H,10,19H2,1H3,(H,21,22);(H,6,7)/t15-;/m0./s1. The smallest absolute Gasteiger partial charge is 0.480 e. The number of benzene rings is 2. The number of amides is 1. The highest BCUT2D eigenvalue weighted by atomic mass is 19.4. The van der Waals surface area contributed by atoms with Crippen molar-refractivity contribution in [2.24, 2.45) is 5.73 Å². The topological polar surface area (TPSA) is 130 Å². The Balaban J connectivity index is 0.000000423. The van der Waals surface area contributed by atoms with Crippen LogP contribution in [0.2, 0.25) is 0 Å². The van der Waals surface area contributed by atoms with Crippen molar-refractivity contribution < 1.29 is 42.5 Å². The van der Waals surface area contributed by atoms with Gasteiger partial charge in [-0.15, -0.1) is 0 Å². The van der Waals surface area contributed by atoms with Crippen molar-refractivity contribution in [2.75, 3.05) is 13.7 Å². The molecule has 0 fully saturated rings. The zero-order valence-electron chi connectivity index (χ0n) is 16.2. The van der Waals surface area contributed by atoms with Crippen LogP contribution in [0.15, 0.2) is 48.5 Å². The van der Waals surface area contributed by atoms with Gasteiger partial charge in [-0.3, -0.25) is 4.90 Å². The molecule has 1 atom stereocenters. The molecule has 1 amide bonds. The minimum absolute atomic E-state index is 0.203. The van der Waals surface area contributed by atoms with Crippen molar-refractivity contribution in [3.63, 3.8) is 0 Å². The summed E-state index contributed by atoms with van der Waals surface area (Å²) in [6.07, 6.45) is -5.80. The van der Waals surface area contributed by atoms with Crippen LogP contribution in [0.5, 0.6) is 0 Å². The van der Waals surface area contributed by atoms with Gasteiger partial charge in [-0.25, -0.2) is 14.4 Å². The number of fused-ring (bicyclic) bond motifs is 3. The second-order valence-electron chi connectivity index (χ2n) is 6.35. The molecule has 0 radical (unpaired) electrons. The molecule has 0 saturated heterocycles. The number of nitrogens with two attached hydrogens (primary N) is 1. The van der Waals surface area contributed by atoms with Crippen LogP contribution >= 0.6 is 0 Å². The van der Waals surface area contributed by atoms with Crippen molar-refractivity contribution in [3.8, 4) is 11.1 Å². The highest BCUT2D eigenvalue weighted by molar-refractivity contribution is 5.85. The van der Waals surface area contributed by atoms with Gasteiger partial charge < -0.3 is 20.7 Å². The number of carboxylic acids is 2. The zero-order valence-corrected chi connectivity index (χ0v) is 16.2. The van der Waals surface area contributed by atoms with Gasteiger partial charge in [0, 0.05) is 6.54 Å². The predicted molar refractivity (Wildman–Crippen MR) is 102 cm³/mol. The van der Waals surface area contributed by atoms with E-state index >= 15 is 0 Å². The van der Waals surface area contributed by atoms with Crippen molar-refractivity contribution in [1.29, 1.82) is 0 Å². The number of methoxy groups -OCH3 is 1. The highest BCUT2D eigenvalue weighted by Crippen LogP contribution is 2.46. The monoisotopic (exact) mass is 440 g/mol. The summed E-state index contributed by atoms with van der Waals surface area (Å²) < 4.78 is 36.6. The number of rotatable bonds is 4. The number of hydrogen-bond donors (Lipinski definition) is 3. The molecule has 3 rings (SSSR count). The molecular weight excluding hydrogens is 421 g/mol. The molecule has 31 heavy (non-hydrogen) atoms. The fourth-order valence-electron chi connectivity index (χ4n) is 3.28. The molecule has 8 nitrogen and oxygen atoms in total. The quantitative estimate of drug-likeness (QED) is 0.666. The molecule has 0 saturated carbocycles.